The minimum Gasteiger partial charge on any atom is -0.497 e. The molecule has 3 aromatic rings. The molecule has 0 fully saturated rings. The van der Waals surface area contributed by atoms with E-state index in [-0.39, 0.29) is 17.9 Å². The van der Waals surface area contributed by atoms with Crippen LogP contribution >= 0.6 is 11.3 Å². The Morgan fingerprint density at radius 1 is 1.26 bits per heavy atom. The summed E-state index contributed by atoms with van der Waals surface area (Å²) in [5.74, 6) is 1.11. The number of thiophene rings is 1. The number of carbonyl (C=O) groups excluding carboxylic acids is 1. The Morgan fingerprint density at radius 2 is 2.04 bits per heavy atom. The summed E-state index contributed by atoms with van der Waals surface area (Å²) < 4.78 is 11.6. The minimum atomic E-state index is -0.279. The molecule has 0 saturated carbocycles. The lowest BCUT2D eigenvalue weighted by Gasteiger charge is -2.10. The maximum atomic E-state index is 13.2. The molecule has 0 atom stereocenters. The van der Waals surface area contributed by atoms with Gasteiger partial charge in [-0.3, -0.25) is 14.2 Å². The van der Waals surface area contributed by atoms with Crippen LogP contribution in [0.25, 0.3) is 21.3 Å². The maximum absolute atomic E-state index is 13.2. The zero-order chi connectivity index (χ0) is 19.6. The molecule has 0 aliphatic heterocycles. The monoisotopic (exact) mass is 386 g/mol. The fraction of sp³-hybridized carbons (Fsp3) is 0.350. The third kappa shape index (κ3) is 3.73. The number of fused-ring (bicyclic) bond motifs is 1. The van der Waals surface area contributed by atoms with Gasteiger partial charge in [0.1, 0.15) is 16.4 Å². The van der Waals surface area contributed by atoms with Gasteiger partial charge in [0.05, 0.1) is 19.6 Å². The summed E-state index contributed by atoms with van der Waals surface area (Å²) in [6.07, 6.45) is 0.796. The van der Waals surface area contributed by atoms with Crippen molar-refractivity contribution in [1.29, 1.82) is 0 Å². The first kappa shape index (κ1) is 19.1. The van der Waals surface area contributed by atoms with Gasteiger partial charge in [0, 0.05) is 23.4 Å². The second-order valence-corrected chi connectivity index (χ2v) is 7.44. The van der Waals surface area contributed by atoms with Crippen LogP contribution in [-0.4, -0.2) is 29.7 Å². The van der Waals surface area contributed by atoms with Gasteiger partial charge in [0.2, 0.25) is 0 Å². The van der Waals surface area contributed by atoms with Gasteiger partial charge in [-0.05, 0) is 38.0 Å². The molecule has 0 saturated heterocycles. The Hall–Kier alpha value is -2.67. The zero-order valence-corrected chi connectivity index (χ0v) is 16.7. The molecule has 27 heavy (non-hydrogen) atoms. The van der Waals surface area contributed by atoms with E-state index in [9.17, 15) is 9.59 Å². The van der Waals surface area contributed by atoms with Crippen LogP contribution in [-0.2, 0) is 16.1 Å². The average molecular weight is 386 g/mol. The molecule has 2 aromatic heterocycles. The van der Waals surface area contributed by atoms with E-state index in [2.05, 4.69) is 9.72 Å². The molecule has 0 N–H and O–H groups in total. The minimum absolute atomic E-state index is 0.0791. The van der Waals surface area contributed by atoms with Gasteiger partial charge in [-0.15, -0.1) is 11.3 Å². The predicted molar refractivity (Wildman–Crippen MR) is 107 cm³/mol. The van der Waals surface area contributed by atoms with E-state index in [1.165, 1.54) is 18.4 Å². The highest BCUT2D eigenvalue weighted by molar-refractivity contribution is 7.19. The van der Waals surface area contributed by atoms with Crippen molar-refractivity contribution in [3.8, 4) is 16.9 Å². The first-order valence-electron chi connectivity index (χ1n) is 8.68. The van der Waals surface area contributed by atoms with E-state index < -0.39 is 0 Å². The van der Waals surface area contributed by atoms with Gasteiger partial charge in [0.15, 0.2) is 0 Å². The molecule has 6 nitrogen and oxygen atoms in total. The first-order chi connectivity index (χ1) is 13.0. The lowest BCUT2D eigenvalue weighted by atomic mass is 10.0. The van der Waals surface area contributed by atoms with Crippen molar-refractivity contribution < 1.29 is 14.3 Å². The number of hydrogen-bond acceptors (Lipinski definition) is 6. The average Bonchev–Trinajstić information content (AvgIpc) is 2.99. The molecular formula is C20H22N2O4S. The number of hydrogen-bond donors (Lipinski definition) is 0. The van der Waals surface area contributed by atoms with Gasteiger partial charge < -0.3 is 9.47 Å². The highest BCUT2D eigenvalue weighted by Gasteiger charge is 2.19. The Morgan fingerprint density at radius 3 is 2.74 bits per heavy atom. The highest BCUT2D eigenvalue weighted by Crippen LogP contribution is 2.36. The number of esters is 1. The van der Waals surface area contributed by atoms with Crippen molar-refractivity contribution in [2.75, 3.05) is 14.2 Å². The first-order valence-corrected chi connectivity index (χ1v) is 9.49. The van der Waals surface area contributed by atoms with Crippen LogP contribution < -0.4 is 10.3 Å². The topological polar surface area (TPSA) is 70.4 Å². The molecule has 0 aliphatic carbocycles. The van der Waals surface area contributed by atoms with Gasteiger partial charge in [0.25, 0.3) is 5.56 Å². The van der Waals surface area contributed by atoms with Crippen LogP contribution in [0.2, 0.25) is 0 Å². The highest BCUT2D eigenvalue weighted by atomic mass is 32.1. The van der Waals surface area contributed by atoms with E-state index in [4.69, 9.17) is 4.74 Å². The van der Waals surface area contributed by atoms with E-state index in [0.29, 0.717) is 24.2 Å². The van der Waals surface area contributed by atoms with Crippen LogP contribution in [0.15, 0.2) is 29.1 Å². The number of benzene rings is 1. The van der Waals surface area contributed by atoms with Crippen molar-refractivity contribution in [2.24, 2.45) is 0 Å². The van der Waals surface area contributed by atoms with Crippen LogP contribution in [0.1, 0.15) is 23.5 Å². The summed E-state index contributed by atoms with van der Waals surface area (Å²) in [5, 5.41) is 0.620. The lowest BCUT2D eigenvalue weighted by Crippen LogP contribution is -2.24. The van der Waals surface area contributed by atoms with Crippen molar-refractivity contribution >= 4 is 27.5 Å². The fourth-order valence-corrected chi connectivity index (χ4v) is 4.25. The predicted octanol–water partition coefficient (Wildman–Crippen LogP) is 3.70. The maximum Gasteiger partial charge on any atom is 0.305 e. The molecule has 0 spiro atoms. The van der Waals surface area contributed by atoms with Crippen LogP contribution in [0.3, 0.4) is 0 Å². The Bertz CT molecular complexity index is 1050. The number of nitrogens with zero attached hydrogens (tertiary/aromatic N) is 2. The third-order valence-corrected chi connectivity index (χ3v) is 5.53. The van der Waals surface area contributed by atoms with Gasteiger partial charge in [-0.1, -0.05) is 12.1 Å². The lowest BCUT2D eigenvalue weighted by molar-refractivity contribution is -0.140. The molecule has 0 aliphatic rings. The molecule has 0 amide bonds. The standard InChI is InChI=1S/C20H22N2O4S/c1-12-17(14-7-5-8-15(11-14)25-3)18-19(27-12)21-13(2)22(20(18)24)10-6-9-16(23)26-4/h5,7-8,11H,6,9-10H2,1-4H3. The molecule has 142 valence electrons. The van der Waals surface area contributed by atoms with Crippen molar-refractivity contribution in [3.05, 3.63) is 45.3 Å². The van der Waals surface area contributed by atoms with Crippen molar-refractivity contribution in [1.82, 2.24) is 9.55 Å². The van der Waals surface area contributed by atoms with Crippen molar-refractivity contribution in [3.63, 3.8) is 0 Å². The van der Waals surface area contributed by atoms with E-state index in [1.807, 2.05) is 38.1 Å². The molecule has 0 bridgehead atoms. The molecule has 2 heterocycles. The molecule has 1 aromatic carbocycles. The van der Waals surface area contributed by atoms with Crippen LogP contribution in [0.5, 0.6) is 5.75 Å². The summed E-state index contributed by atoms with van der Waals surface area (Å²) in [5.41, 5.74) is 1.75. The second kappa shape index (κ2) is 7.92. The quantitative estimate of drug-likeness (QED) is 0.604. The number of rotatable bonds is 6. The normalized spacial score (nSPS) is 11.0. The van der Waals surface area contributed by atoms with E-state index in [0.717, 1.165) is 26.6 Å². The molecule has 7 heteroatoms. The number of ether oxygens (including phenoxy) is 2. The van der Waals surface area contributed by atoms with Crippen LogP contribution in [0, 0.1) is 13.8 Å². The summed E-state index contributed by atoms with van der Waals surface area (Å²) in [4.78, 5) is 31.0. The SMILES string of the molecule is COC(=O)CCCn1c(C)nc2sc(C)c(-c3cccc(OC)c3)c2c1=O. The largest absolute Gasteiger partial charge is 0.497 e. The number of carbonyl (C=O) groups is 1. The van der Waals surface area contributed by atoms with Gasteiger partial charge >= 0.3 is 5.97 Å². The molecule has 3 rings (SSSR count). The number of methoxy groups -OCH3 is 2. The van der Waals surface area contributed by atoms with Gasteiger partial charge in [-0.25, -0.2) is 4.98 Å². The Labute approximate surface area is 161 Å². The van der Waals surface area contributed by atoms with Gasteiger partial charge in [-0.2, -0.15) is 0 Å². The Kier molecular flexibility index (Phi) is 5.60. The third-order valence-electron chi connectivity index (χ3n) is 4.53. The van der Waals surface area contributed by atoms with Crippen molar-refractivity contribution in [2.45, 2.75) is 33.2 Å². The van der Waals surface area contributed by atoms with E-state index in [1.54, 1.807) is 11.7 Å². The second-order valence-electron chi connectivity index (χ2n) is 6.24. The molecule has 0 radical (unpaired) electrons. The summed E-state index contributed by atoms with van der Waals surface area (Å²) in [6.45, 7) is 4.24. The zero-order valence-electron chi connectivity index (χ0n) is 15.9. The smallest absolute Gasteiger partial charge is 0.305 e. The summed E-state index contributed by atoms with van der Waals surface area (Å²) >= 11 is 1.52. The fourth-order valence-electron chi connectivity index (χ4n) is 3.17. The number of aryl methyl sites for hydroxylation is 2. The number of aromatic nitrogens is 2. The van der Waals surface area contributed by atoms with E-state index >= 15 is 0 Å². The molecular weight excluding hydrogens is 364 g/mol. The van der Waals surface area contributed by atoms with Crippen LogP contribution in [0.4, 0.5) is 0 Å². The Balaban J connectivity index is 2.10. The summed E-state index contributed by atoms with van der Waals surface area (Å²) in [6, 6.07) is 7.68. The summed E-state index contributed by atoms with van der Waals surface area (Å²) in [7, 11) is 2.98. The molecule has 0 unspecified atom stereocenters.